The first-order valence-electron chi connectivity index (χ1n) is 7.55. The van der Waals surface area contributed by atoms with Crippen LogP contribution in [0.4, 0.5) is 5.69 Å². The molecule has 0 atom stereocenters. The third kappa shape index (κ3) is 3.44. The summed E-state index contributed by atoms with van der Waals surface area (Å²) in [6.45, 7) is 4.28. The van der Waals surface area contributed by atoms with Gasteiger partial charge in [0.05, 0.1) is 17.4 Å². The van der Waals surface area contributed by atoms with Gasteiger partial charge >= 0.3 is 0 Å². The fourth-order valence-corrected chi connectivity index (χ4v) is 3.21. The van der Waals surface area contributed by atoms with E-state index in [4.69, 9.17) is 5.14 Å². The second kappa shape index (κ2) is 6.03. The van der Waals surface area contributed by atoms with Crippen LogP contribution in [0.5, 0.6) is 0 Å². The van der Waals surface area contributed by atoms with Crippen molar-refractivity contribution in [1.29, 1.82) is 0 Å². The van der Waals surface area contributed by atoms with Crippen LogP contribution in [0.1, 0.15) is 12.0 Å². The molecule has 1 aliphatic rings. The summed E-state index contributed by atoms with van der Waals surface area (Å²) in [5, 5.41) is 14.5. The minimum absolute atomic E-state index is 0.450. The average Bonchev–Trinajstić information content (AvgIpc) is 2.44. The van der Waals surface area contributed by atoms with E-state index in [0.29, 0.717) is 12.5 Å². The SMILES string of the molecule is Cc1ccc2c(N3CC(CCN(C)S(N)(=O)=O)C3)cnnc2c1. The Morgan fingerprint density at radius 1 is 1.39 bits per heavy atom. The first-order chi connectivity index (χ1) is 10.8. The molecule has 0 unspecified atom stereocenters. The fourth-order valence-electron chi connectivity index (χ4n) is 2.85. The molecule has 2 aromatic rings. The quantitative estimate of drug-likeness (QED) is 0.876. The van der Waals surface area contributed by atoms with Gasteiger partial charge in [0.1, 0.15) is 0 Å². The summed E-state index contributed by atoms with van der Waals surface area (Å²) < 4.78 is 23.6. The number of fused-ring (bicyclic) bond motifs is 1. The van der Waals surface area contributed by atoms with Crippen molar-refractivity contribution >= 4 is 26.8 Å². The molecular weight excluding hydrogens is 314 g/mol. The Hall–Kier alpha value is -1.77. The highest BCUT2D eigenvalue weighted by atomic mass is 32.2. The smallest absolute Gasteiger partial charge is 0.276 e. The largest absolute Gasteiger partial charge is 0.369 e. The van der Waals surface area contributed by atoms with Gasteiger partial charge in [0.25, 0.3) is 10.2 Å². The van der Waals surface area contributed by atoms with Crippen LogP contribution in [0.15, 0.2) is 24.4 Å². The lowest BCUT2D eigenvalue weighted by atomic mass is 9.95. The number of aromatic nitrogens is 2. The molecule has 1 aromatic carbocycles. The summed E-state index contributed by atoms with van der Waals surface area (Å²) in [5.41, 5.74) is 3.16. The number of hydrogen-bond donors (Lipinski definition) is 1. The van der Waals surface area contributed by atoms with Gasteiger partial charge in [-0.3, -0.25) is 0 Å². The zero-order valence-electron chi connectivity index (χ0n) is 13.3. The van der Waals surface area contributed by atoms with Crippen molar-refractivity contribution in [3.05, 3.63) is 30.0 Å². The van der Waals surface area contributed by atoms with Crippen LogP contribution in [0.3, 0.4) is 0 Å². The molecule has 8 heteroatoms. The Bertz CT molecular complexity index is 818. The molecule has 0 spiro atoms. The first kappa shape index (κ1) is 16.1. The molecule has 2 N–H and O–H groups in total. The molecular formula is C15H21N5O2S. The zero-order valence-corrected chi connectivity index (χ0v) is 14.1. The molecule has 0 amide bonds. The predicted octanol–water partition coefficient (Wildman–Crippen LogP) is 0.900. The number of nitrogens with zero attached hydrogens (tertiary/aromatic N) is 4. The maximum Gasteiger partial charge on any atom is 0.276 e. The maximum atomic E-state index is 11.2. The van der Waals surface area contributed by atoms with Crippen molar-refractivity contribution in [2.75, 3.05) is 31.6 Å². The van der Waals surface area contributed by atoms with Crippen LogP contribution in [0.25, 0.3) is 10.9 Å². The van der Waals surface area contributed by atoms with Gasteiger partial charge in [0.15, 0.2) is 0 Å². The van der Waals surface area contributed by atoms with E-state index in [1.54, 1.807) is 6.20 Å². The number of hydrogen-bond acceptors (Lipinski definition) is 5. The highest BCUT2D eigenvalue weighted by Crippen LogP contribution is 2.31. The minimum atomic E-state index is -3.58. The number of nitrogens with two attached hydrogens (primary N) is 1. The van der Waals surface area contributed by atoms with Crippen LogP contribution < -0.4 is 10.0 Å². The summed E-state index contributed by atoms with van der Waals surface area (Å²) in [6, 6.07) is 6.19. The van der Waals surface area contributed by atoms with Crippen LogP contribution in [-0.2, 0) is 10.2 Å². The summed E-state index contributed by atoms with van der Waals surface area (Å²) in [4.78, 5) is 2.26. The molecule has 3 rings (SSSR count). The monoisotopic (exact) mass is 335 g/mol. The molecule has 0 radical (unpaired) electrons. The lowest BCUT2D eigenvalue weighted by Crippen LogP contribution is -2.48. The van der Waals surface area contributed by atoms with Gasteiger partial charge in [-0.1, -0.05) is 12.1 Å². The Morgan fingerprint density at radius 2 is 2.13 bits per heavy atom. The van der Waals surface area contributed by atoms with Gasteiger partial charge in [-0.25, -0.2) is 5.14 Å². The van der Waals surface area contributed by atoms with Gasteiger partial charge < -0.3 is 4.90 Å². The average molecular weight is 335 g/mol. The van der Waals surface area contributed by atoms with Crippen molar-refractivity contribution in [2.24, 2.45) is 11.1 Å². The third-order valence-electron chi connectivity index (χ3n) is 4.36. The van der Waals surface area contributed by atoms with Crippen molar-refractivity contribution in [3.8, 4) is 0 Å². The lowest BCUT2D eigenvalue weighted by Gasteiger charge is -2.41. The second-order valence-electron chi connectivity index (χ2n) is 6.18. The lowest BCUT2D eigenvalue weighted by molar-refractivity contribution is 0.345. The molecule has 1 aliphatic heterocycles. The normalized spacial score (nSPS) is 16.1. The molecule has 23 heavy (non-hydrogen) atoms. The van der Waals surface area contributed by atoms with Gasteiger partial charge in [0.2, 0.25) is 0 Å². The Balaban J connectivity index is 1.64. The van der Waals surface area contributed by atoms with Crippen molar-refractivity contribution in [2.45, 2.75) is 13.3 Å². The van der Waals surface area contributed by atoms with E-state index in [2.05, 4.69) is 27.2 Å². The van der Waals surface area contributed by atoms with E-state index in [1.807, 2.05) is 13.0 Å². The van der Waals surface area contributed by atoms with E-state index in [1.165, 1.54) is 11.4 Å². The molecule has 0 aliphatic carbocycles. The van der Waals surface area contributed by atoms with E-state index in [0.717, 1.165) is 41.7 Å². The molecule has 124 valence electrons. The summed E-state index contributed by atoms with van der Waals surface area (Å²) in [5.74, 6) is 0.466. The standard InChI is InChI=1S/C15H21N5O2S/c1-11-3-4-13-14(7-11)18-17-8-15(13)20-9-12(10-20)5-6-19(2)23(16,21)22/h3-4,7-8,12H,5-6,9-10H2,1-2H3,(H2,16,21,22). The molecule has 1 aromatic heterocycles. The van der Waals surface area contributed by atoms with Gasteiger partial charge in [0, 0.05) is 32.1 Å². The number of benzene rings is 1. The van der Waals surface area contributed by atoms with Crippen molar-refractivity contribution < 1.29 is 8.42 Å². The Kier molecular flexibility index (Phi) is 4.22. The topological polar surface area (TPSA) is 92.4 Å². The van der Waals surface area contributed by atoms with Gasteiger partial charge in [-0.05, 0) is 30.9 Å². The third-order valence-corrected chi connectivity index (χ3v) is 5.41. The highest BCUT2D eigenvalue weighted by Gasteiger charge is 2.29. The zero-order chi connectivity index (χ0) is 16.6. The maximum absolute atomic E-state index is 11.2. The number of rotatable bonds is 5. The number of aryl methyl sites for hydroxylation is 1. The second-order valence-corrected chi connectivity index (χ2v) is 7.83. The van der Waals surface area contributed by atoms with E-state index >= 15 is 0 Å². The molecule has 0 bridgehead atoms. The first-order valence-corrected chi connectivity index (χ1v) is 9.06. The molecule has 1 fully saturated rings. The van der Waals surface area contributed by atoms with Crippen LogP contribution in [0.2, 0.25) is 0 Å². The van der Waals surface area contributed by atoms with Crippen molar-refractivity contribution in [3.63, 3.8) is 0 Å². The van der Waals surface area contributed by atoms with Gasteiger partial charge in [-0.15, -0.1) is 0 Å². The van der Waals surface area contributed by atoms with E-state index in [-0.39, 0.29) is 0 Å². The predicted molar refractivity (Wildman–Crippen MR) is 90.3 cm³/mol. The molecule has 2 heterocycles. The van der Waals surface area contributed by atoms with E-state index in [9.17, 15) is 8.42 Å². The molecule has 7 nitrogen and oxygen atoms in total. The number of anilines is 1. The van der Waals surface area contributed by atoms with Crippen LogP contribution >= 0.6 is 0 Å². The summed E-state index contributed by atoms with van der Waals surface area (Å²) in [7, 11) is -2.07. The Labute approximate surface area is 136 Å². The molecule has 0 saturated carbocycles. The fraction of sp³-hybridized carbons (Fsp3) is 0.467. The van der Waals surface area contributed by atoms with Gasteiger partial charge in [-0.2, -0.15) is 22.9 Å². The highest BCUT2D eigenvalue weighted by molar-refractivity contribution is 7.86. The van der Waals surface area contributed by atoms with E-state index < -0.39 is 10.2 Å². The minimum Gasteiger partial charge on any atom is -0.369 e. The Morgan fingerprint density at radius 3 is 2.83 bits per heavy atom. The van der Waals surface area contributed by atoms with Crippen molar-refractivity contribution in [1.82, 2.24) is 14.5 Å². The summed E-state index contributed by atoms with van der Waals surface area (Å²) in [6.07, 6.45) is 2.60. The molecule has 1 saturated heterocycles. The summed E-state index contributed by atoms with van der Waals surface area (Å²) >= 11 is 0. The van der Waals surface area contributed by atoms with Crippen LogP contribution in [-0.4, -0.2) is 49.6 Å². The van der Waals surface area contributed by atoms with Crippen LogP contribution in [0, 0.1) is 12.8 Å².